The minimum absolute atomic E-state index is 0.0774. The van der Waals surface area contributed by atoms with Gasteiger partial charge in [0.1, 0.15) is 6.04 Å². The summed E-state index contributed by atoms with van der Waals surface area (Å²) in [7, 11) is 0. The lowest BCUT2D eigenvalue weighted by molar-refractivity contribution is -0.121. The van der Waals surface area contributed by atoms with Crippen molar-refractivity contribution in [3.63, 3.8) is 0 Å². The lowest BCUT2D eigenvalue weighted by Gasteiger charge is -2.17. The number of rotatable bonds is 5. The Kier molecular flexibility index (Phi) is 3.59. The molecule has 2 rings (SSSR count). The van der Waals surface area contributed by atoms with Crippen LogP contribution in [0.4, 0.5) is 11.4 Å². The third kappa shape index (κ3) is 3.15. The van der Waals surface area contributed by atoms with Crippen LogP contribution in [-0.4, -0.2) is 23.9 Å². The van der Waals surface area contributed by atoms with Crippen molar-refractivity contribution in [2.24, 2.45) is 5.73 Å². The first-order valence-corrected chi connectivity index (χ1v) is 6.24. The van der Waals surface area contributed by atoms with E-state index >= 15 is 0 Å². The maximum absolute atomic E-state index is 11.8. The number of hydrogen-bond donors (Lipinski definition) is 4. The number of primary amides is 1. The SMILES string of the molecule is CC(Nc1cccc(C(N)=O)c1N)C(=O)NC1CC1. The predicted octanol–water partition coefficient (Wildman–Crippen LogP) is 0.447. The third-order valence-corrected chi connectivity index (χ3v) is 3.06. The summed E-state index contributed by atoms with van der Waals surface area (Å²) in [5.41, 5.74) is 12.1. The summed E-state index contributed by atoms with van der Waals surface area (Å²) in [6.07, 6.45) is 2.08. The smallest absolute Gasteiger partial charge is 0.250 e. The number of carbonyl (C=O) groups is 2. The Hall–Kier alpha value is -2.24. The molecule has 0 radical (unpaired) electrons. The van der Waals surface area contributed by atoms with Crippen LogP contribution in [0.2, 0.25) is 0 Å². The molecule has 1 fully saturated rings. The van der Waals surface area contributed by atoms with Gasteiger partial charge in [-0.1, -0.05) is 6.07 Å². The first-order valence-electron chi connectivity index (χ1n) is 6.24. The summed E-state index contributed by atoms with van der Waals surface area (Å²) in [6, 6.07) is 4.82. The fourth-order valence-electron chi connectivity index (χ4n) is 1.76. The molecule has 102 valence electrons. The molecule has 6 N–H and O–H groups in total. The quantitative estimate of drug-likeness (QED) is 0.577. The number of amides is 2. The molecule has 0 spiro atoms. The standard InChI is InChI=1S/C13H18N4O2/c1-7(13(19)17-8-5-6-8)16-10-4-2-3-9(11(10)14)12(15)18/h2-4,7-8,16H,5-6,14H2,1H3,(H2,15,18)(H,17,19). The number of para-hydroxylation sites is 1. The topological polar surface area (TPSA) is 110 Å². The first-order chi connectivity index (χ1) is 8.99. The fourth-order valence-corrected chi connectivity index (χ4v) is 1.76. The van der Waals surface area contributed by atoms with Gasteiger partial charge in [0.15, 0.2) is 0 Å². The molecule has 6 heteroatoms. The van der Waals surface area contributed by atoms with Crippen LogP contribution in [0.1, 0.15) is 30.1 Å². The van der Waals surface area contributed by atoms with Gasteiger partial charge >= 0.3 is 0 Å². The van der Waals surface area contributed by atoms with Crippen molar-refractivity contribution in [1.82, 2.24) is 5.32 Å². The summed E-state index contributed by atoms with van der Waals surface area (Å²) in [5, 5.41) is 5.89. The van der Waals surface area contributed by atoms with Crippen LogP contribution in [0.3, 0.4) is 0 Å². The highest BCUT2D eigenvalue weighted by atomic mass is 16.2. The van der Waals surface area contributed by atoms with Gasteiger partial charge in [-0.2, -0.15) is 0 Å². The second-order valence-electron chi connectivity index (χ2n) is 4.78. The average Bonchev–Trinajstić information content (AvgIpc) is 3.15. The van der Waals surface area contributed by atoms with Crippen LogP contribution >= 0.6 is 0 Å². The Bertz CT molecular complexity index is 511. The number of nitrogen functional groups attached to an aromatic ring is 1. The predicted molar refractivity (Wildman–Crippen MR) is 73.6 cm³/mol. The molecule has 0 heterocycles. The minimum Gasteiger partial charge on any atom is -0.396 e. The average molecular weight is 262 g/mol. The molecule has 1 aliphatic carbocycles. The number of hydrogen-bond acceptors (Lipinski definition) is 4. The van der Waals surface area contributed by atoms with Gasteiger partial charge in [-0.3, -0.25) is 9.59 Å². The summed E-state index contributed by atoms with van der Waals surface area (Å²) in [4.78, 5) is 23.0. The molecule has 0 bridgehead atoms. The van der Waals surface area contributed by atoms with Gasteiger partial charge in [-0.25, -0.2) is 0 Å². The highest BCUT2D eigenvalue weighted by Crippen LogP contribution is 2.23. The van der Waals surface area contributed by atoms with Crippen LogP contribution in [0, 0.1) is 0 Å². The maximum Gasteiger partial charge on any atom is 0.250 e. The molecule has 0 aliphatic heterocycles. The molecule has 1 atom stereocenters. The van der Waals surface area contributed by atoms with Gasteiger partial charge in [-0.15, -0.1) is 0 Å². The van der Waals surface area contributed by atoms with Crippen molar-refractivity contribution >= 4 is 23.2 Å². The second kappa shape index (κ2) is 5.17. The van der Waals surface area contributed by atoms with E-state index in [1.165, 1.54) is 0 Å². The zero-order valence-electron chi connectivity index (χ0n) is 10.8. The van der Waals surface area contributed by atoms with E-state index in [-0.39, 0.29) is 17.2 Å². The summed E-state index contributed by atoms with van der Waals surface area (Å²) >= 11 is 0. The first kappa shape index (κ1) is 13.2. The molecule has 19 heavy (non-hydrogen) atoms. The van der Waals surface area contributed by atoms with Crippen LogP contribution in [0.25, 0.3) is 0 Å². The molecule has 1 aliphatic rings. The minimum atomic E-state index is -0.587. The highest BCUT2D eigenvalue weighted by Gasteiger charge is 2.25. The van der Waals surface area contributed by atoms with Gasteiger partial charge in [0.05, 0.1) is 16.9 Å². The van der Waals surface area contributed by atoms with E-state index < -0.39 is 11.9 Å². The molecular formula is C13H18N4O2. The molecular weight excluding hydrogens is 244 g/mol. The molecule has 1 saturated carbocycles. The normalized spacial score (nSPS) is 15.6. The van der Waals surface area contributed by atoms with Crippen LogP contribution in [0.15, 0.2) is 18.2 Å². The van der Waals surface area contributed by atoms with Crippen LogP contribution < -0.4 is 22.1 Å². The van der Waals surface area contributed by atoms with E-state index in [0.29, 0.717) is 11.7 Å². The van der Waals surface area contributed by atoms with E-state index in [2.05, 4.69) is 10.6 Å². The number of nitrogens with two attached hydrogens (primary N) is 2. The lowest BCUT2D eigenvalue weighted by Crippen LogP contribution is -2.38. The van der Waals surface area contributed by atoms with Gasteiger partial charge < -0.3 is 22.1 Å². The van der Waals surface area contributed by atoms with Crippen LogP contribution in [0.5, 0.6) is 0 Å². The Morgan fingerprint density at radius 3 is 2.63 bits per heavy atom. The molecule has 6 nitrogen and oxygen atoms in total. The summed E-state index contributed by atoms with van der Waals surface area (Å²) in [5.74, 6) is -0.664. The third-order valence-electron chi connectivity index (χ3n) is 3.06. The van der Waals surface area contributed by atoms with Crippen molar-refractivity contribution in [1.29, 1.82) is 0 Å². The molecule has 0 saturated heterocycles. The molecule has 1 aromatic rings. The Labute approximate surface area is 111 Å². The van der Waals surface area contributed by atoms with Gasteiger partial charge in [-0.05, 0) is 31.9 Å². The highest BCUT2D eigenvalue weighted by molar-refractivity contribution is 6.01. The van der Waals surface area contributed by atoms with E-state index in [1.54, 1.807) is 25.1 Å². The number of benzene rings is 1. The van der Waals surface area contributed by atoms with Gasteiger partial charge in [0.25, 0.3) is 5.91 Å². The molecule has 1 unspecified atom stereocenters. The van der Waals surface area contributed by atoms with E-state index in [1.807, 2.05) is 0 Å². The van der Waals surface area contributed by atoms with Gasteiger partial charge in [0, 0.05) is 6.04 Å². The molecule has 0 aromatic heterocycles. The van der Waals surface area contributed by atoms with Crippen molar-refractivity contribution < 1.29 is 9.59 Å². The summed E-state index contributed by atoms with van der Waals surface area (Å²) in [6.45, 7) is 1.74. The zero-order chi connectivity index (χ0) is 14.0. The van der Waals surface area contributed by atoms with E-state index in [4.69, 9.17) is 11.5 Å². The lowest BCUT2D eigenvalue weighted by atomic mass is 10.1. The van der Waals surface area contributed by atoms with Crippen molar-refractivity contribution in [3.8, 4) is 0 Å². The van der Waals surface area contributed by atoms with Crippen LogP contribution in [-0.2, 0) is 4.79 Å². The monoisotopic (exact) mass is 262 g/mol. The molecule has 1 aromatic carbocycles. The summed E-state index contributed by atoms with van der Waals surface area (Å²) < 4.78 is 0. The Morgan fingerprint density at radius 1 is 1.37 bits per heavy atom. The van der Waals surface area contributed by atoms with Crippen molar-refractivity contribution in [2.75, 3.05) is 11.1 Å². The Balaban J connectivity index is 2.07. The maximum atomic E-state index is 11.8. The number of carbonyl (C=O) groups excluding carboxylic acids is 2. The fraction of sp³-hybridized carbons (Fsp3) is 0.385. The Morgan fingerprint density at radius 2 is 2.05 bits per heavy atom. The van der Waals surface area contributed by atoms with E-state index in [9.17, 15) is 9.59 Å². The zero-order valence-corrected chi connectivity index (χ0v) is 10.8. The number of anilines is 2. The molecule has 2 amide bonds. The van der Waals surface area contributed by atoms with Crippen molar-refractivity contribution in [2.45, 2.75) is 31.8 Å². The van der Waals surface area contributed by atoms with Gasteiger partial charge in [0.2, 0.25) is 5.91 Å². The van der Waals surface area contributed by atoms with Crippen molar-refractivity contribution in [3.05, 3.63) is 23.8 Å². The largest absolute Gasteiger partial charge is 0.396 e. The number of nitrogens with one attached hydrogen (secondary N) is 2. The van der Waals surface area contributed by atoms with E-state index in [0.717, 1.165) is 12.8 Å². The second-order valence-corrected chi connectivity index (χ2v) is 4.78.